The highest BCUT2D eigenvalue weighted by Gasteiger charge is 2.19. The molecule has 2 nitrogen and oxygen atoms in total. The lowest BCUT2D eigenvalue weighted by atomic mass is 9.90. The first-order valence-electron chi connectivity index (χ1n) is 21.9. The Kier molecular flexibility index (Phi) is 7.59. The second-order valence-electron chi connectivity index (χ2n) is 17.0. The molecule has 3 heterocycles. The van der Waals surface area contributed by atoms with Gasteiger partial charge in [0.1, 0.15) is 0 Å². The third kappa shape index (κ3) is 5.22. The molecule has 0 aliphatic heterocycles. The van der Waals surface area contributed by atoms with Gasteiger partial charge in [-0.2, -0.15) is 0 Å². The van der Waals surface area contributed by atoms with Crippen molar-refractivity contribution in [2.75, 3.05) is 0 Å². The summed E-state index contributed by atoms with van der Waals surface area (Å²) in [6, 6.07) is 80.4. The summed E-state index contributed by atoms with van der Waals surface area (Å²) in [6.07, 6.45) is 0. The van der Waals surface area contributed by atoms with E-state index in [9.17, 15) is 0 Å². The van der Waals surface area contributed by atoms with Gasteiger partial charge in [0.2, 0.25) is 0 Å². The summed E-state index contributed by atoms with van der Waals surface area (Å²) in [5, 5.41) is 15.4. The first kappa shape index (κ1) is 35.5. The number of para-hydroxylation sites is 2. The second-order valence-corrected chi connectivity index (χ2v) is 18.0. The summed E-state index contributed by atoms with van der Waals surface area (Å²) >= 11 is 1.86. The van der Waals surface area contributed by atoms with Crippen LogP contribution in [0.25, 0.3) is 135 Å². The number of fused-ring (bicyclic) bond motifs is 16. The quantitative estimate of drug-likeness (QED) is 0.162. The van der Waals surface area contributed by atoms with Crippen molar-refractivity contribution in [3.8, 4) is 44.6 Å². The molecule has 0 amide bonds. The van der Waals surface area contributed by atoms with Gasteiger partial charge < -0.3 is 0 Å². The van der Waals surface area contributed by atoms with Gasteiger partial charge in [-0.3, -0.25) is 4.40 Å². The van der Waals surface area contributed by atoms with Gasteiger partial charge in [-0.05, 0) is 117 Å². The lowest BCUT2D eigenvalue weighted by molar-refractivity contribution is 1.25. The number of nitrogens with zero attached hydrogens (tertiary/aromatic N) is 2. The summed E-state index contributed by atoms with van der Waals surface area (Å²) in [6.45, 7) is 0. The molecule has 0 aliphatic rings. The van der Waals surface area contributed by atoms with Crippen LogP contribution in [0.5, 0.6) is 0 Å². The molecular weight excluding hydrogens is 793 g/mol. The van der Waals surface area contributed by atoms with Crippen molar-refractivity contribution in [1.29, 1.82) is 0 Å². The molecule has 11 aromatic carbocycles. The van der Waals surface area contributed by atoms with E-state index in [0.29, 0.717) is 0 Å². The van der Waals surface area contributed by atoms with Crippen molar-refractivity contribution in [2.24, 2.45) is 0 Å². The zero-order valence-electron chi connectivity index (χ0n) is 34.6. The van der Waals surface area contributed by atoms with Crippen LogP contribution in [0.1, 0.15) is 0 Å². The highest BCUT2D eigenvalue weighted by atomic mass is 32.1. The van der Waals surface area contributed by atoms with E-state index >= 15 is 0 Å². The second kappa shape index (κ2) is 13.7. The van der Waals surface area contributed by atoms with Gasteiger partial charge in [0.25, 0.3) is 0 Å². The van der Waals surface area contributed by atoms with Crippen molar-refractivity contribution in [1.82, 2.24) is 9.38 Å². The molecule has 0 unspecified atom stereocenters. The number of hydrogen-bond acceptors (Lipinski definition) is 2. The molecule has 3 aromatic heterocycles. The zero-order valence-corrected chi connectivity index (χ0v) is 35.4. The SMILES string of the molecule is c1ccc2c(c1)ccc1c3cc(-c4ccc(-c5ccc(-c6ccc(-c7ccc8c9ccccc9c9ccccc9c8c7)cc6)c6ccccc56)cc4)n4c5ccccc5nc4c3sc21. The van der Waals surface area contributed by atoms with Crippen LogP contribution < -0.4 is 0 Å². The number of thiophene rings is 1. The molecule has 0 fully saturated rings. The molecule has 0 aliphatic carbocycles. The van der Waals surface area contributed by atoms with Crippen LogP contribution >= 0.6 is 11.3 Å². The van der Waals surface area contributed by atoms with Crippen LogP contribution in [0.3, 0.4) is 0 Å². The molecule has 296 valence electrons. The maximum absolute atomic E-state index is 5.26. The molecule has 3 heteroatoms. The molecular formula is C61H36N2S. The van der Waals surface area contributed by atoms with E-state index in [1.807, 2.05) is 11.3 Å². The van der Waals surface area contributed by atoms with Gasteiger partial charge in [0.15, 0.2) is 5.65 Å². The summed E-state index contributed by atoms with van der Waals surface area (Å²) < 4.78 is 4.90. The Balaban J connectivity index is 0.846. The number of rotatable bonds is 4. The normalized spacial score (nSPS) is 12.1. The van der Waals surface area contributed by atoms with E-state index in [1.165, 1.54) is 107 Å². The molecule has 0 saturated carbocycles. The van der Waals surface area contributed by atoms with E-state index in [2.05, 4.69) is 223 Å². The average Bonchev–Trinajstić information content (AvgIpc) is 3.95. The van der Waals surface area contributed by atoms with E-state index in [4.69, 9.17) is 4.98 Å². The smallest absolute Gasteiger partial charge is 0.156 e. The largest absolute Gasteiger partial charge is 0.291 e. The zero-order chi connectivity index (χ0) is 41.9. The van der Waals surface area contributed by atoms with Crippen LogP contribution in [0, 0.1) is 0 Å². The summed E-state index contributed by atoms with van der Waals surface area (Å²) in [7, 11) is 0. The predicted octanol–water partition coefficient (Wildman–Crippen LogP) is 17.3. The van der Waals surface area contributed by atoms with Crippen molar-refractivity contribution in [2.45, 2.75) is 0 Å². The summed E-state index contributed by atoms with van der Waals surface area (Å²) in [5.41, 5.74) is 12.7. The van der Waals surface area contributed by atoms with Crippen LogP contribution in [-0.4, -0.2) is 9.38 Å². The van der Waals surface area contributed by atoms with Gasteiger partial charge in [0.05, 0.1) is 21.4 Å². The molecule has 0 bridgehead atoms. The monoisotopic (exact) mass is 828 g/mol. The molecule has 14 aromatic rings. The minimum absolute atomic E-state index is 1.01. The summed E-state index contributed by atoms with van der Waals surface area (Å²) in [4.78, 5) is 5.26. The van der Waals surface area contributed by atoms with E-state index in [0.717, 1.165) is 27.9 Å². The predicted molar refractivity (Wildman–Crippen MR) is 275 cm³/mol. The number of imidazole rings is 1. The molecule has 0 atom stereocenters. The minimum Gasteiger partial charge on any atom is -0.291 e. The maximum atomic E-state index is 5.26. The van der Waals surface area contributed by atoms with Gasteiger partial charge in [-0.25, -0.2) is 4.98 Å². The van der Waals surface area contributed by atoms with Crippen LogP contribution in [-0.2, 0) is 0 Å². The average molecular weight is 829 g/mol. The Bertz CT molecular complexity index is 4200. The minimum atomic E-state index is 1.01. The van der Waals surface area contributed by atoms with Gasteiger partial charge in [-0.15, -0.1) is 11.3 Å². The Morgan fingerprint density at radius 3 is 1.48 bits per heavy atom. The fourth-order valence-electron chi connectivity index (χ4n) is 10.5. The van der Waals surface area contributed by atoms with E-state index in [-0.39, 0.29) is 0 Å². The third-order valence-electron chi connectivity index (χ3n) is 13.6. The fraction of sp³-hybridized carbons (Fsp3) is 0. The molecule has 0 radical (unpaired) electrons. The Morgan fingerprint density at radius 1 is 0.312 bits per heavy atom. The van der Waals surface area contributed by atoms with Gasteiger partial charge in [-0.1, -0.05) is 194 Å². The third-order valence-corrected chi connectivity index (χ3v) is 14.8. The Hall–Kier alpha value is -8.11. The van der Waals surface area contributed by atoms with Gasteiger partial charge in [0, 0.05) is 15.5 Å². The molecule has 14 rings (SSSR count). The van der Waals surface area contributed by atoms with Crippen LogP contribution in [0.4, 0.5) is 0 Å². The molecule has 0 saturated heterocycles. The van der Waals surface area contributed by atoms with Crippen molar-refractivity contribution in [3.63, 3.8) is 0 Å². The van der Waals surface area contributed by atoms with Crippen LogP contribution in [0.2, 0.25) is 0 Å². The fourth-order valence-corrected chi connectivity index (χ4v) is 11.8. The Morgan fingerprint density at radius 2 is 0.812 bits per heavy atom. The van der Waals surface area contributed by atoms with Crippen molar-refractivity contribution < 1.29 is 0 Å². The lowest BCUT2D eigenvalue weighted by Crippen LogP contribution is -1.93. The first-order valence-corrected chi connectivity index (χ1v) is 22.8. The first-order chi connectivity index (χ1) is 31.7. The van der Waals surface area contributed by atoms with E-state index in [1.54, 1.807) is 0 Å². The van der Waals surface area contributed by atoms with E-state index < -0.39 is 0 Å². The summed E-state index contributed by atoms with van der Waals surface area (Å²) in [5.74, 6) is 0. The molecule has 0 spiro atoms. The number of pyridine rings is 1. The highest BCUT2D eigenvalue weighted by Crippen LogP contribution is 2.44. The standard InChI is InChI=1S/C61H36N2S/c1-2-12-45-38(11-1)29-32-53-55-36-58(63-57-20-10-9-19-56(57)62-61(63)60(55)64-59(45)53)41-27-25-40(26-28-41)44-34-33-43(46-13-3-4-14-47(44)46)39-23-21-37(22-24-39)42-30-31-52-50-17-6-5-15-48(50)49-16-7-8-18-51(49)54(52)35-42/h1-36H. The number of aromatic nitrogens is 2. The van der Waals surface area contributed by atoms with Gasteiger partial charge >= 0.3 is 0 Å². The molecule has 64 heavy (non-hydrogen) atoms. The maximum Gasteiger partial charge on any atom is 0.156 e. The number of benzene rings is 11. The highest BCUT2D eigenvalue weighted by molar-refractivity contribution is 7.27. The van der Waals surface area contributed by atoms with Crippen molar-refractivity contribution >= 4 is 102 Å². The molecule has 0 N–H and O–H groups in total. The lowest BCUT2D eigenvalue weighted by Gasteiger charge is -2.14. The van der Waals surface area contributed by atoms with Crippen LogP contribution in [0.15, 0.2) is 218 Å². The Labute approximate surface area is 372 Å². The number of hydrogen-bond donors (Lipinski definition) is 0. The topological polar surface area (TPSA) is 17.3 Å². The van der Waals surface area contributed by atoms with Crippen molar-refractivity contribution in [3.05, 3.63) is 218 Å².